The molecule has 1 rings (SSSR count). The Hall–Kier alpha value is -0.830. The van der Waals surface area contributed by atoms with Crippen molar-refractivity contribution in [1.29, 1.82) is 0 Å². The summed E-state index contributed by atoms with van der Waals surface area (Å²) < 4.78 is 0. The van der Waals surface area contributed by atoms with Crippen LogP contribution in [0.2, 0.25) is 0 Å². The topological polar surface area (TPSA) is 32.3 Å². The first kappa shape index (κ1) is 12.2. The normalized spacial score (nSPS) is 21.5. The third kappa shape index (κ3) is 4.47. The van der Waals surface area contributed by atoms with Crippen LogP contribution in [0.5, 0.6) is 0 Å². The molecule has 0 aromatic heterocycles. The molecule has 1 unspecified atom stereocenters. The van der Waals surface area contributed by atoms with Crippen LogP contribution in [0.1, 0.15) is 32.6 Å². The molecule has 1 saturated heterocycles. The summed E-state index contributed by atoms with van der Waals surface area (Å²) in [6, 6.07) is 0.356. The second kappa shape index (κ2) is 6.62. The molecule has 1 fully saturated rings. The van der Waals surface area contributed by atoms with Crippen LogP contribution in [0.4, 0.5) is 0 Å². The lowest BCUT2D eigenvalue weighted by molar-refractivity contribution is -0.121. The Morgan fingerprint density at radius 1 is 1.67 bits per heavy atom. The average molecular weight is 210 g/mol. The van der Waals surface area contributed by atoms with E-state index in [1.165, 1.54) is 0 Å². The van der Waals surface area contributed by atoms with Gasteiger partial charge in [-0.25, -0.2) is 0 Å². The maximum atomic E-state index is 11.5. The highest BCUT2D eigenvalue weighted by Crippen LogP contribution is 2.09. The molecule has 0 aromatic rings. The lowest BCUT2D eigenvalue weighted by Crippen LogP contribution is -2.36. The quantitative estimate of drug-likeness (QED) is 0.675. The summed E-state index contributed by atoms with van der Waals surface area (Å²) in [7, 11) is 0. The molecular weight excluding hydrogens is 188 g/mol. The van der Waals surface area contributed by atoms with Crippen molar-refractivity contribution >= 4 is 5.91 Å². The minimum Gasteiger partial charge on any atom is -0.352 e. The summed E-state index contributed by atoms with van der Waals surface area (Å²) in [5, 5.41) is 3.09. The first-order chi connectivity index (χ1) is 7.26. The summed E-state index contributed by atoms with van der Waals surface area (Å²) in [5.41, 5.74) is 0. The van der Waals surface area contributed by atoms with Crippen molar-refractivity contribution in [2.24, 2.45) is 0 Å². The van der Waals surface area contributed by atoms with E-state index in [9.17, 15) is 4.79 Å². The fraction of sp³-hybridized carbons (Fsp3) is 0.750. The molecule has 1 amide bonds. The summed E-state index contributed by atoms with van der Waals surface area (Å²) in [5.74, 6) is 0.210. The van der Waals surface area contributed by atoms with Crippen molar-refractivity contribution < 1.29 is 4.79 Å². The number of nitrogens with zero attached hydrogens (tertiary/aromatic N) is 1. The van der Waals surface area contributed by atoms with Gasteiger partial charge in [-0.15, -0.1) is 6.58 Å². The molecule has 1 heterocycles. The maximum absolute atomic E-state index is 11.5. The van der Waals surface area contributed by atoms with E-state index < -0.39 is 0 Å². The fourth-order valence-corrected chi connectivity index (χ4v) is 1.94. The number of unbranched alkanes of at least 4 members (excludes halogenated alkanes) is 1. The van der Waals surface area contributed by atoms with Crippen LogP contribution < -0.4 is 5.32 Å². The zero-order valence-electron chi connectivity index (χ0n) is 9.67. The third-order valence-electron chi connectivity index (χ3n) is 2.78. The Kier molecular flexibility index (Phi) is 5.40. The van der Waals surface area contributed by atoms with Gasteiger partial charge in [0.15, 0.2) is 0 Å². The zero-order valence-corrected chi connectivity index (χ0v) is 9.67. The number of hydrogen-bond acceptors (Lipinski definition) is 2. The van der Waals surface area contributed by atoms with Crippen molar-refractivity contribution in [3.05, 3.63) is 12.7 Å². The van der Waals surface area contributed by atoms with Crippen LogP contribution >= 0.6 is 0 Å². The van der Waals surface area contributed by atoms with Gasteiger partial charge in [-0.2, -0.15) is 0 Å². The number of rotatable bonds is 6. The Morgan fingerprint density at radius 3 is 3.13 bits per heavy atom. The van der Waals surface area contributed by atoms with Gasteiger partial charge in [-0.05, 0) is 12.8 Å². The molecule has 0 saturated carbocycles. The smallest absolute Gasteiger partial charge is 0.220 e. The summed E-state index contributed by atoms with van der Waals surface area (Å²) in [4.78, 5) is 13.8. The summed E-state index contributed by atoms with van der Waals surface area (Å²) >= 11 is 0. The highest BCUT2D eigenvalue weighted by molar-refractivity contribution is 5.76. The van der Waals surface area contributed by atoms with Gasteiger partial charge in [0, 0.05) is 32.1 Å². The minimum atomic E-state index is 0.210. The van der Waals surface area contributed by atoms with E-state index in [0.29, 0.717) is 12.5 Å². The minimum absolute atomic E-state index is 0.210. The zero-order chi connectivity index (χ0) is 11.1. The van der Waals surface area contributed by atoms with Gasteiger partial charge >= 0.3 is 0 Å². The molecule has 86 valence electrons. The molecule has 0 aromatic carbocycles. The van der Waals surface area contributed by atoms with E-state index in [4.69, 9.17) is 0 Å². The van der Waals surface area contributed by atoms with Gasteiger partial charge in [0.25, 0.3) is 0 Å². The monoisotopic (exact) mass is 210 g/mol. The first-order valence-electron chi connectivity index (χ1n) is 5.89. The number of carbonyl (C=O) groups is 1. The second-order valence-electron chi connectivity index (χ2n) is 4.20. The molecule has 0 aliphatic carbocycles. The van der Waals surface area contributed by atoms with Crippen LogP contribution in [0.3, 0.4) is 0 Å². The molecule has 0 spiro atoms. The van der Waals surface area contributed by atoms with Gasteiger partial charge in [-0.1, -0.05) is 19.4 Å². The van der Waals surface area contributed by atoms with Gasteiger partial charge in [0.1, 0.15) is 0 Å². The molecule has 0 bridgehead atoms. The molecule has 0 radical (unpaired) electrons. The largest absolute Gasteiger partial charge is 0.352 e. The number of likely N-dealkylation sites (tertiary alicyclic amines) is 1. The number of hydrogen-bond donors (Lipinski definition) is 1. The summed E-state index contributed by atoms with van der Waals surface area (Å²) in [6.45, 7) is 8.81. The van der Waals surface area contributed by atoms with Crippen LogP contribution in [0.25, 0.3) is 0 Å². The van der Waals surface area contributed by atoms with E-state index in [-0.39, 0.29) is 5.91 Å². The summed E-state index contributed by atoms with van der Waals surface area (Å²) in [6.07, 6.45) is 5.75. The molecule has 1 aliphatic rings. The predicted molar refractivity (Wildman–Crippen MR) is 62.7 cm³/mol. The lowest BCUT2D eigenvalue weighted by atomic mass is 10.2. The van der Waals surface area contributed by atoms with Crippen molar-refractivity contribution in [3.63, 3.8) is 0 Å². The SMILES string of the molecule is C=CCN1CCC(NC(=O)CCCC)C1. The molecular formula is C12H22N2O. The van der Waals surface area contributed by atoms with E-state index in [2.05, 4.69) is 23.7 Å². The van der Waals surface area contributed by atoms with Gasteiger partial charge < -0.3 is 5.32 Å². The van der Waals surface area contributed by atoms with E-state index >= 15 is 0 Å². The molecule has 1 aliphatic heterocycles. The molecule has 1 atom stereocenters. The van der Waals surface area contributed by atoms with Crippen molar-refractivity contribution in [3.8, 4) is 0 Å². The Bertz CT molecular complexity index is 216. The standard InChI is InChI=1S/C12H22N2O/c1-3-5-6-12(15)13-11-7-9-14(10-11)8-4-2/h4,11H,2-3,5-10H2,1H3,(H,13,15). The van der Waals surface area contributed by atoms with Gasteiger partial charge in [0.2, 0.25) is 5.91 Å². The molecule has 1 N–H and O–H groups in total. The Balaban J connectivity index is 2.17. The number of carbonyl (C=O) groups excluding carboxylic acids is 1. The van der Waals surface area contributed by atoms with Gasteiger partial charge in [-0.3, -0.25) is 9.69 Å². The van der Waals surface area contributed by atoms with E-state index in [0.717, 1.165) is 38.9 Å². The highest BCUT2D eigenvalue weighted by atomic mass is 16.1. The van der Waals surface area contributed by atoms with Crippen LogP contribution in [0, 0.1) is 0 Å². The number of amides is 1. The molecule has 15 heavy (non-hydrogen) atoms. The first-order valence-corrected chi connectivity index (χ1v) is 5.89. The lowest BCUT2D eigenvalue weighted by Gasteiger charge is -2.14. The Morgan fingerprint density at radius 2 is 2.47 bits per heavy atom. The maximum Gasteiger partial charge on any atom is 0.220 e. The van der Waals surface area contributed by atoms with Gasteiger partial charge in [0.05, 0.1) is 0 Å². The van der Waals surface area contributed by atoms with E-state index in [1.54, 1.807) is 0 Å². The van der Waals surface area contributed by atoms with Crippen LogP contribution in [0.15, 0.2) is 12.7 Å². The fourth-order valence-electron chi connectivity index (χ4n) is 1.94. The Labute approximate surface area is 92.5 Å². The van der Waals surface area contributed by atoms with Crippen molar-refractivity contribution in [2.45, 2.75) is 38.6 Å². The van der Waals surface area contributed by atoms with Crippen molar-refractivity contribution in [1.82, 2.24) is 10.2 Å². The van der Waals surface area contributed by atoms with Crippen LogP contribution in [-0.4, -0.2) is 36.5 Å². The van der Waals surface area contributed by atoms with Crippen molar-refractivity contribution in [2.75, 3.05) is 19.6 Å². The second-order valence-corrected chi connectivity index (χ2v) is 4.20. The average Bonchev–Trinajstić information content (AvgIpc) is 2.63. The molecule has 3 heteroatoms. The van der Waals surface area contributed by atoms with Crippen LogP contribution in [-0.2, 0) is 4.79 Å². The predicted octanol–water partition coefficient (Wildman–Crippen LogP) is 1.55. The third-order valence-corrected chi connectivity index (χ3v) is 2.78. The highest BCUT2D eigenvalue weighted by Gasteiger charge is 2.22. The molecule has 3 nitrogen and oxygen atoms in total. The number of nitrogens with one attached hydrogen (secondary N) is 1. The van der Waals surface area contributed by atoms with E-state index in [1.807, 2.05) is 6.08 Å².